The fourth-order valence-electron chi connectivity index (χ4n) is 3.62. The van der Waals surface area contributed by atoms with Crippen LogP contribution in [-0.4, -0.2) is 17.0 Å². The topological polar surface area (TPSA) is 37.3 Å². The fraction of sp³-hybridized carbons (Fsp3) is 0.375. The Hall–Kier alpha value is -3.49. The van der Waals surface area contributed by atoms with E-state index in [1.165, 1.54) is 22.3 Å². The molecule has 0 aliphatic rings. The van der Waals surface area contributed by atoms with Gasteiger partial charge in [-0.15, -0.1) is 0 Å². The summed E-state index contributed by atoms with van der Waals surface area (Å²) in [5.74, 6) is 0. The minimum absolute atomic E-state index is 0.600. The highest BCUT2D eigenvalue weighted by Gasteiger charge is 2.10. The van der Waals surface area contributed by atoms with Gasteiger partial charge in [-0.1, -0.05) is 137 Å². The molecule has 0 aliphatic heterocycles. The van der Waals surface area contributed by atoms with Crippen molar-refractivity contribution in [3.8, 4) is 0 Å². The van der Waals surface area contributed by atoms with Crippen molar-refractivity contribution in [3.05, 3.63) is 142 Å². The molecule has 0 fully saturated rings. The van der Waals surface area contributed by atoms with Crippen molar-refractivity contribution in [2.45, 2.75) is 100 Å². The van der Waals surface area contributed by atoms with Gasteiger partial charge < -0.3 is 5.11 Å². The molecule has 0 atom stereocenters. The number of hydrogen-bond acceptors (Lipinski definition) is 2. The molecule has 0 aromatic rings. The Labute approximate surface area is 258 Å². The standard InChI is InChI=1S/C40H56O2/c1-33(2)18-12-20-35(4)22-14-24-36(5)23-13-21-34(3)19-10-11-29-39(32-41)30-16-27-37(6)25-15-26-38(7)28-17-31-40(8,9)42/h10-11,13-16,18-19,21-27,29-30,32,42H,12,17,20,28,31H2,1-9H3. The summed E-state index contributed by atoms with van der Waals surface area (Å²) in [5, 5.41) is 9.81. The van der Waals surface area contributed by atoms with Crippen LogP contribution < -0.4 is 0 Å². The van der Waals surface area contributed by atoms with Gasteiger partial charge >= 0.3 is 0 Å². The quantitative estimate of drug-likeness (QED) is 0.0772. The van der Waals surface area contributed by atoms with E-state index >= 15 is 0 Å². The lowest BCUT2D eigenvalue weighted by molar-refractivity contribution is -0.104. The van der Waals surface area contributed by atoms with Crippen LogP contribution in [0.25, 0.3) is 0 Å². The van der Waals surface area contributed by atoms with Crippen LogP contribution in [0.1, 0.15) is 94.4 Å². The van der Waals surface area contributed by atoms with Crippen LogP contribution in [0.4, 0.5) is 0 Å². The number of aldehydes is 1. The maximum atomic E-state index is 11.4. The van der Waals surface area contributed by atoms with E-state index in [9.17, 15) is 9.90 Å². The molecule has 0 radical (unpaired) electrons. The Bertz CT molecular complexity index is 1180. The number of allylic oxidation sites excluding steroid dienone is 24. The Morgan fingerprint density at radius 3 is 1.55 bits per heavy atom. The summed E-state index contributed by atoms with van der Waals surface area (Å²) >= 11 is 0. The van der Waals surface area contributed by atoms with Crippen LogP contribution in [0, 0.1) is 0 Å². The fourth-order valence-corrected chi connectivity index (χ4v) is 3.62. The third-order valence-electron chi connectivity index (χ3n) is 6.19. The summed E-state index contributed by atoms with van der Waals surface area (Å²) in [6.07, 6.45) is 40.3. The molecule has 0 amide bonds. The minimum atomic E-state index is -0.600. The van der Waals surface area contributed by atoms with Crippen LogP contribution >= 0.6 is 0 Å². The number of aliphatic hydroxyl groups is 1. The maximum Gasteiger partial charge on any atom is 0.150 e. The van der Waals surface area contributed by atoms with Gasteiger partial charge in [0.1, 0.15) is 6.29 Å². The summed E-state index contributed by atoms with van der Waals surface area (Å²) in [7, 11) is 0. The normalized spacial score (nSPS) is 15.4. The zero-order chi connectivity index (χ0) is 31.8. The summed E-state index contributed by atoms with van der Waals surface area (Å²) in [6.45, 7) is 18.4. The summed E-state index contributed by atoms with van der Waals surface area (Å²) < 4.78 is 0. The van der Waals surface area contributed by atoms with Crippen LogP contribution in [0.15, 0.2) is 142 Å². The average molecular weight is 569 g/mol. The first-order chi connectivity index (χ1) is 19.8. The maximum absolute atomic E-state index is 11.4. The lowest BCUT2D eigenvalue weighted by Gasteiger charge is -2.16. The van der Waals surface area contributed by atoms with Crippen molar-refractivity contribution in [2.75, 3.05) is 0 Å². The van der Waals surface area contributed by atoms with Gasteiger partial charge in [-0.3, -0.25) is 4.79 Å². The molecular formula is C40H56O2. The van der Waals surface area contributed by atoms with E-state index in [0.29, 0.717) is 5.57 Å². The van der Waals surface area contributed by atoms with E-state index in [1.54, 1.807) is 6.08 Å². The van der Waals surface area contributed by atoms with E-state index in [4.69, 9.17) is 0 Å². The lowest BCUT2D eigenvalue weighted by Crippen LogP contribution is -2.17. The van der Waals surface area contributed by atoms with Crippen LogP contribution in [0.2, 0.25) is 0 Å². The highest BCUT2D eigenvalue weighted by molar-refractivity contribution is 5.78. The molecule has 0 aliphatic carbocycles. The predicted molar refractivity (Wildman–Crippen MR) is 187 cm³/mol. The summed E-state index contributed by atoms with van der Waals surface area (Å²) in [5.41, 5.74) is 7.47. The smallest absolute Gasteiger partial charge is 0.150 e. The van der Waals surface area contributed by atoms with Gasteiger partial charge in [0.05, 0.1) is 5.60 Å². The van der Waals surface area contributed by atoms with Gasteiger partial charge in [0.15, 0.2) is 0 Å². The summed E-state index contributed by atoms with van der Waals surface area (Å²) in [6, 6.07) is 0. The molecule has 0 bridgehead atoms. The SMILES string of the molecule is CC(C)=CCCC(C)=CC=CC(C)=CC=CC(C)=CC=CC=C(C=O)C=CC=C(C)C=CC=C(C)CCCC(C)(C)O. The first kappa shape index (κ1) is 38.5. The number of hydrogen-bond donors (Lipinski definition) is 1. The van der Waals surface area contributed by atoms with Crippen molar-refractivity contribution in [1.29, 1.82) is 0 Å². The molecule has 0 unspecified atom stereocenters. The van der Waals surface area contributed by atoms with Crippen molar-refractivity contribution in [2.24, 2.45) is 0 Å². The molecule has 2 heteroatoms. The molecule has 0 saturated carbocycles. The van der Waals surface area contributed by atoms with Crippen LogP contribution in [0.3, 0.4) is 0 Å². The van der Waals surface area contributed by atoms with E-state index in [2.05, 4.69) is 90.2 Å². The lowest BCUT2D eigenvalue weighted by atomic mass is 9.99. The van der Waals surface area contributed by atoms with Gasteiger partial charge in [-0.05, 0) is 94.4 Å². The second-order valence-corrected chi connectivity index (χ2v) is 11.9. The average Bonchev–Trinajstić information content (AvgIpc) is 2.89. The largest absolute Gasteiger partial charge is 0.390 e. The third-order valence-corrected chi connectivity index (χ3v) is 6.19. The second-order valence-electron chi connectivity index (χ2n) is 11.9. The van der Waals surface area contributed by atoms with E-state index in [-0.39, 0.29) is 0 Å². The molecule has 42 heavy (non-hydrogen) atoms. The zero-order valence-corrected chi connectivity index (χ0v) is 27.8. The van der Waals surface area contributed by atoms with Crippen molar-refractivity contribution < 1.29 is 9.90 Å². The molecular weight excluding hydrogens is 512 g/mol. The molecule has 2 nitrogen and oxygen atoms in total. The first-order valence-corrected chi connectivity index (χ1v) is 15.1. The van der Waals surface area contributed by atoms with Gasteiger partial charge in [0.2, 0.25) is 0 Å². The Morgan fingerprint density at radius 2 is 1.05 bits per heavy atom. The molecule has 0 rings (SSSR count). The highest BCUT2D eigenvalue weighted by Crippen LogP contribution is 2.15. The monoisotopic (exact) mass is 568 g/mol. The van der Waals surface area contributed by atoms with Gasteiger partial charge in [0, 0.05) is 5.57 Å². The van der Waals surface area contributed by atoms with Crippen LogP contribution in [0.5, 0.6) is 0 Å². The second kappa shape index (κ2) is 23.1. The van der Waals surface area contributed by atoms with Crippen molar-refractivity contribution in [3.63, 3.8) is 0 Å². The van der Waals surface area contributed by atoms with E-state index in [1.807, 2.05) is 69.4 Å². The first-order valence-electron chi connectivity index (χ1n) is 15.1. The predicted octanol–water partition coefficient (Wildman–Crippen LogP) is 11.3. The molecule has 0 saturated heterocycles. The highest BCUT2D eigenvalue weighted by atomic mass is 16.3. The zero-order valence-electron chi connectivity index (χ0n) is 27.8. The van der Waals surface area contributed by atoms with Crippen molar-refractivity contribution in [1.82, 2.24) is 0 Å². The minimum Gasteiger partial charge on any atom is -0.390 e. The van der Waals surface area contributed by atoms with E-state index in [0.717, 1.165) is 49.5 Å². The summed E-state index contributed by atoms with van der Waals surface area (Å²) in [4.78, 5) is 11.4. The Morgan fingerprint density at radius 1 is 0.595 bits per heavy atom. The third kappa shape index (κ3) is 25.5. The Balaban J connectivity index is 4.84. The van der Waals surface area contributed by atoms with Crippen molar-refractivity contribution >= 4 is 6.29 Å². The Kier molecular flexibility index (Phi) is 21.2. The molecule has 0 spiro atoms. The molecule has 0 heterocycles. The number of carbonyl (C=O) groups is 1. The molecule has 0 aromatic heterocycles. The molecule has 1 N–H and O–H groups in total. The van der Waals surface area contributed by atoms with Gasteiger partial charge in [-0.2, -0.15) is 0 Å². The van der Waals surface area contributed by atoms with Gasteiger partial charge in [0.25, 0.3) is 0 Å². The number of rotatable bonds is 18. The molecule has 0 aromatic carbocycles. The van der Waals surface area contributed by atoms with E-state index < -0.39 is 5.60 Å². The van der Waals surface area contributed by atoms with Gasteiger partial charge in [-0.25, -0.2) is 0 Å². The van der Waals surface area contributed by atoms with Crippen LogP contribution in [-0.2, 0) is 4.79 Å². The number of carbonyl (C=O) groups excluding carboxylic acids is 1. The molecule has 228 valence electrons.